The number of hydrogen-bond acceptors (Lipinski definition) is 4. The molecule has 4 rings (SSSR count). The molecule has 160 valence electrons. The van der Waals surface area contributed by atoms with E-state index in [9.17, 15) is 17.6 Å². The SMILES string of the molecule is CS(=O)(=O)NC1CCCN(C(=O)C2CC2c2ccccc2-c2ncccc2F)CC1. The van der Waals surface area contributed by atoms with Crippen molar-refractivity contribution in [3.05, 3.63) is 54.0 Å². The van der Waals surface area contributed by atoms with Gasteiger partial charge in [0.05, 0.1) is 6.26 Å². The fraction of sp³-hybridized carbons (Fsp3) is 0.455. The van der Waals surface area contributed by atoms with Gasteiger partial charge in [0.2, 0.25) is 15.9 Å². The first-order chi connectivity index (χ1) is 14.3. The summed E-state index contributed by atoms with van der Waals surface area (Å²) in [4.78, 5) is 19.2. The molecule has 6 nitrogen and oxygen atoms in total. The summed E-state index contributed by atoms with van der Waals surface area (Å²) in [6.45, 7) is 1.19. The largest absolute Gasteiger partial charge is 0.342 e. The molecule has 1 amide bonds. The number of rotatable bonds is 5. The Bertz CT molecular complexity index is 1040. The standard InChI is InChI=1S/C22H26FN3O3S/c1-30(28,29)25-15-6-5-12-26(13-10-15)22(27)19-14-18(19)16-7-2-3-8-17(16)21-20(23)9-4-11-24-21/h2-4,7-9,11,15,18-19,25H,5-6,10,12-14H2,1H3. The molecule has 2 heterocycles. The summed E-state index contributed by atoms with van der Waals surface area (Å²) in [6.07, 6.45) is 5.59. The number of aromatic nitrogens is 1. The predicted molar refractivity (Wildman–Crippen MR) is 113 cm³/mol. The molecule has 1 saturated heterocycles. The van der Waals surface area contributed by atoms with Crippen molar-refractivity contribution in [1.82, 2.24) is 14.6 Å². The van der Waals surface area contributed by atoms with Crippen LogP contribution in [0, 0.1) is 11.7 Å². The number of carbonyl (C=O) groups excluding carboxylic acids is 1. The first-order valence-corrected chi connectivity index (χ1v) is 12.2. The minimum atomic E-state index is -3.25. The fourth-order valence-corrected chi connectivity index (χ4v) is 5.24. The van der Waals surface area contributed by atoms with Crippen LogP contribution in [0.1, 0.15) is 37.2 Å². The first kappa shape index (κ1) is 20.9. The van der Waals surface area contributed by atoms with Gasteiger partial charge in [-0.1, -0.05) is 24.3 Å². The lowest BCUT2D eigenvalue weighted by Gasteiger charge is -2.21. The van der Waals surface area contributed by atoms with Gasteiger partial charge in [-0.3, -0.25) is 9.78 Å². The molecule has 1 aliphatic heterocycles. The third-order valence-electron chi connectivity index (χ3n) is 5.90. The van der Waals surface area contributed by atoms with Gasteiger partial charge in [-0.15, -0.1) is 0 Å². The number of benzene rings is 1. The van der Waals surface area contributed by atoms with Crippen molar-refractivity contribution in [2.24, 2.45) is 5.92 Å². The second kappa shape index (κ2) is 8.43. The van der Waals surface area contributed by atoms with Gasteiger partial charge in [0.25, 0.3) is 0 Å². The van der Waals surface area contributed by atoms with E-state index in [-0.39, 0.29) is 29.6 Å². The Morgan fingerprint density at radius 1 is 1.17 bits per heavy atom. The van der Waals surface area contributed by atoms with Crippen LogP contribution in [0.3, 0.4) is 0 Å². The molecular formula is C22H26FN3O3S. The van der Waals surface area contributed by atoms with E-state index >= 15 is 0 Å². The van der Waals surface area contributed by atoms with Crippen molar-refractivity contribution in [1.29, 1.82) is 0 Å². The van der Waals surface area contributed by atoms with E-state index in [0.717, 1.165) is 36.6 Å². The normalized spacial score (nSPS) is 24.3. The molecule has 1 N–H and O–H groups in total. The highest BCUT2D eigenvalue weighted by molar-refractivity contribution is 7.88. The van der Waals surface area contributed by atoms with E-state index in [0.29, 0.717) is 25.2 Å². The average Bonchev–Trinajstić information content (AvgIpc) is 3.51. The summed E-state index contributed by atoms with van der Waals surface area (Å²) in [5.41, 5.74) is 2.01. The molecule has 0 bridgehead atoms. The third-order valence-corrected chi connectivity index (χ3v) is 6.66. The molecule has 1 saturated carbocycles. The van der Waals surface area contributed by atoms with Gasteiger partial charge >= 0.3 is 0 Å². The Kier molecular flexibility index (Phi) is 5.88. The van der Waals surface area contributed by atoms with Gasteiger partial charge in [-0.05, 0) is 49.3 Å². The highest BCUT2D eigenvalue weighted by Crippen LogP contribution is 2.51. The van der Waals surface area contributed by atoms with Gasteiger partial charge in [-0.2, -0.15) is 0 Å². The molecule has 3 atom stereocenters. The van der Waals surface area contributed by atoms with E-state index in [1.54, 1.807) is 12.3 Å². The Hall–Kier alpha value is -2.32. The number of carbonyl (C=O) groups is 1. The Morgan fingerprint density at radius 3 is 2.73 bits per heavy atom. The van der Waals surface area contributed by atoms with Crippen LogP contribution in [-0.4, -0.2) is 49.6 Å². The lowest BCUT2D eigenvalue weighted by Crippen LogP contribution is -2.36. The highest BCUT2D eigenvalue weighted by Gasteiger charge is 2.47. The van der Waals surface area contributed by atoms with E-state index in [2.05, 4.69) is 9.71 Å². The number of nitrogens with zero attached hydrogens (tertiary/aromatic N) is 2. The summed E-state index contributed by atoms with van der Waals surface area (Å²) in [6, 6.07) is 10.4. The van der Waals surface area contributed by atoms with Gasteiger partial charge < -0.3 is 4.90 Å². The van der Waals surface area contributed by atoms with E-state index in [1.165, 1.54) is 6.07 Å². The van der Waals surface area contributed by atoms with Crippen molar-refractivity contribution in [2.45, 2.75) is 37.6 Å². The van der Waals surface area contributed by atoms with Crippen LogP contribution in [0.5, 0.6) is 0 Å². The molecule has 2 aliphatic rings. The average molecular weight is 432 g/mol. The molecule has 8 heteroatoms. The molecule has 30 heavy (non-hydrogen) atoms. The lowest BCUT2D eigenvalue weighted by molar-refractivity contribution is -0.132. The number of sulfonamides is 1. The molecule has 2 aromatic rings. The molecule has 1 aromatic carbocycles. The van der Waals surface area contributed by atoms with Crippen molar-refractivity contribution >= 4 is 15.9 Å². The maximum Gasteiger partial charge on any atom is 0.226 e. The molecule has 1 aromatic heterocycles. The van der Waals surface area contributed by atoms with Crippen molar-refractivity contribution in [3.63, 3.8) is 0 Å². The maximum atomic E-state index is 14.3. The molecular weight excluding hydrogens is 405 g/mol. The number of pyridine rings is 1. The Labute approximate surface area is 176 Å². The van der Waals surface area contributed by atoms with Crippen LogP contribution in [0.4, 0.5) is 4.39 Å². The summed E-state index contributed by atoms with van der Waals surface area (Å²) in [5, 5.41) is 0. The Morgan fingerprint density at radius 2 is 1.97 bits per heavy atom. The number of nitrogens with one attached hydrogen (secondary N) is 1. The highest BCUT2D eigenvalue weighted by atomic mass is 32.2. The lowest BCUT2D eigenvalue weighted by atomic mass is 9.98. The zero-order chi connectivity index (χ0) is 21.3. The quantitative estimate of drug-likeness (QED) is 0.790. The van der Waals surface area contributed by atoms with Crippen molar-refractivity contribution in [3.8, 4) is 11.3 Å². The van der Waals surface area contributed by atoms with Crippen LogP contribution in [0.15, 0.2) is 42.6 Å². The monoisotopic (exact) mass is 431 g/mol. The summed E-state index contributed by atoms with van der Waals surface area (Å²) in [5.74, 6) is -0.317. The fourth-order valence-electron chi connectivity index (χ4n) is 4.40. The van der Waals surface area contributed by atoms with E-state index in [4.69, 9.17) is 0 Å². The molecule has 1 aliphatic carbocycles. The van der Waals surface area contributed by atoms with Crippen molar-refractivity contribution in [2.75, 3.05) is 19.3 Å². The summed E-state index contributed by atoms with van der Waals surface area (Å²) >= 11 is 0. The number of likely N-dealkylation sites (tertiary alicyclic amines) is 1. The van der Waals surface area contributed by atoms with E-state index in [1.807, 2.05) is 29.2 Å². The van der Waals surface area contributed by atoms with Gasteiger partial charge in [0.1, 0.15) is 11.5 Å². The van der Waals surface area contributed by atoms with Gasteiger partial charge in [0, 0.05) is 36.8 Å². The third kappa shape index (κ3) is 4.70. The predicted octanol–water partition coefficient (Wildman–Crippen LogP) is 2.92. The minimum absolute atomic E-state index is 0.0586. The molecule has 0 radical (unpaired) electrons. The zero-order valence-electron chi connectivity index (χ0n) is 16.9. The maximum absolute atomic E-state index is 14.3. The second-order valence-corrected chi connectivity index (χ2v) is 9.99. The smallest absolute Gasteiger partial charge is 0.226 e. The van der Waals surface area contributed by atoms with Crippen LogP contribution in [0.2, 0.25) is 0 Å². The van der Waals surface area contributed by atoms with Crippen LogP contribution < -0.4 is 4.72 Å². The van der Waals surface area contributed by atoms with E-state index < -0.39 is 10.0 Å². The number of halogens is 1. The molecule has 2 fully saturated rings. The second-order valence-electron chi connectivity index (χ2n) is 8.21. The zero-order valence-corrected chi connectivity index (χ0v) is 17.7. The number of amides is 1. The first-order valence-electron chi connectivity index (χ1n) is 10.3. The van der Waals surface area contributed by atoms with Gasteiger partial charge in [-0.25, -0.2) is 17.5 Å². The minimum Gasteiger partial charge on any atom is -0.342 e. The van der Waals surface area contributed by atoms with Crippen molar-refractivity contribution < 1.29 is 17.6 Å². The molecule has 3 unspecified atom stereocenters. The van der Waals surface area contributed by atoms with Gasteiger partial charge in [0.15, 0.2) is 0 Å². The topological polar surface area (TPSA) is 79.4 Å². The number of hydrogen-bond donors (Lipinski definition) is 1. The Balaban J connectivity index is 1.45. The summed E-state index contributed by atoms with van der Waals surface area (Å²) in [7, 11) is -3.25. The van der Waals surface area contributed by atoms with Crippen LogP contribution >= 0.6 is 0 Å². The summed E-state index contributed by atoms with van der Waals surface area (Å²) < 4.78 is 39.9. The van der Waals surface area contributed by atoms with Crippen LogP contribution in [-0.2, 0) is 14.8 Å². The van der Waals surface area contributed by atoms with Crippen LogP contribution in [0.25, 0.3) is 11.3 Å². The molecule has 0 spiro atoms.